The quantitative estimate of drug-likeness (QED) is 0.291. The lowest BCUT2D eigenvalue weighted by Crippen LogP contribution is -2.39. The second kappa shape index (κ2) is 10.9. The van der Waals surface area contributed by atoms with E-state index in [1.54, 1.807) is 0 Å². The molecular formula is C17H33IN6. The Labute approximate surface area is 163 Å². The van der Waals surface area contributed by atoms with E-state index in [0.717, 1.165) is 44.3 Å². The van der Waals surface area contributed by atoms with Crippen LogP contribution in [0.3, 0.4) is 0 Å². The predicted molar refractivity (Wildman–Crippen MR) is 111 cm³/mol. The summed E-state index contributed by atoms with van der Waals surface area (Å²) < 4.78 is 2.08. The monoisotopic (exact) mass is 448 g/mol. The molecule has 0 aromatic carbocycles. The normalized spacial score (nSPS) is 18.5. The zero-order valence-corrected chi connectivity index (χ0v) is 17.8. The highest BCUT2D eigenvalue weighted by molar-refractivity contribution is 14.0. The molecule has 0 amide bonds. The molecule has 7 heteroatoms. The molecule has 1 aromatic heterocycles. The Bertz CT molecular complexity index is 513. The van der Waals surface area contributed by atoms with E-state index in [4.69, 9.17) is 4.99 Å². The largest absolute Gasteiger partial charge is 0.357 e. The van der Waals surface area contributed by atoms with Crippen molar-refractivity contribution in [3.8, 4) is 0 Å². The summed E-state index contributed by atoms with van der Waals surface area (Å²) in [5, 5.41) is 11.3. The smallest absolute Gasteiger partial charge is 0.191 e. The van der Waals surface area contributed by atoms with Crippen LogP contribution in [-0.2, 0) is 6.54 Å². The number of guanidine groups is 1. The molecular weight excluding hydrogens is 415 g/mol. The van der Waals surface area contributed by atoms with Gasteiger partial charge in [0, 0.05) is 31.4 Å². The first kappa shape index (κ1) is 21.2. The molecule has 0 spiro atoms. The van der Waals surface area contributed by atoms with Crippen molar-refractivity contribution in [1.82, 2.24) is 25.3 Å². The number of halogens is 1. The molecule has 1 unspecified atom stereocenters. The van der Waals surface area contributed by atoms with Gasteiger partial charge in [-0.2, -0.15) is 5.10 Å². The summed E-state index contributed by atoms with van der Waals surface area (Å²) in [5.41, 5.74) is 2.32. The van der Waals surface area contributed by atoms with Crippen LogP contribution in [0.4, 0.5) is 0 Å². The molecule has 0 saturated carbocycles. The number of hydrogen-bond acceptors (Lipinski definition) is 3. The Hall–Kier alpha value is -0.830. The molecule has 1 fully saturated rings. The number of likely N-dealkylation sites (tertiary alicyclic amines) is 1. The second-order valence-corrected chi connectivity index (χ2v) is 6.43. The number of aryl methyl sites for hydroxylation is 3. The van der Waals surface area contributed by atoms with Crippen LogP contribution in [0.1, 0.15) is 37.6 Å². The fourth-order valence-electron chi connectivity index (χ4n) is 3.09. The van der Waals surface area contributed by atoms with Crippen LogP contribution in [0.5, 0.6) is 0 Å². The zero-order valence-electron chi connectivity index (χ0n) is 15.5. The van der Waals surface area contributed by atoms with E-state index >= 15 is 0 Å². The fourth-order valence-corrected chi connectivity index (χ4v) is 3.09. The second-order valence-electron chi connectivity index (χ2n) is 6.43. The number of hydrogen-bond donors (Lipinski definition) is 2. The minimum atomic E-state index is 0. The van der Waals surface area contributed by atoms with Crippen molar-refractivity contribution in [3.63, 3.8) is 0 Å². The Morgan fingerprint density at radius 2 is 2.17 bits per heavy atom. The molecule has 1 aliphatic rings. The maximum absolute atomic E-state index is 4.74. The zero-order chi connectivity index (χ0) is 16.7. The summed E-state index contributed by atoms with van der Waals surface area (Å²) in [6, 6.07) is 2.72. The van der Waals surface area contributed by atoms with E-state index in [1.165, 1.54) is 25.1 Å². The topological polar surface area (TPSA) is 57.5 Å². The van der Waals surface area contributed by atoms with Crippen molar-refractivity contribution in [2.45, 2.75) is 52.6 Å². The first-order chi connectivity index (χ1) is 11.1. The highest BCUT2D eigenvalue weighted by Gasteiger charge is 2.20. The molecule has 0 radical (unpaired) electrons. The average Bonchev–Trinajstić information content (AvgIpc) is 3.06. The van der Waals surface area contributed by atoms with Crippen LogP contribution in [0.2, 0.25) is 0 Å². The summed E-state index contributed by atoms with van der Waals surface area (Å²) in [6.45, 7) is 11.1. The van der Waals surface area contributed by atoms with Gasteiger partial charge in [-0.05, 0) is 59.7 Å². The van der Waals surface area contributed by atoms with Gasteiger partial charge in [-0.1, -0.05) is 0 Å². The Balaban J connectivity index is 0.00000288. The predicted octanol–water partition coefficient (Wildman–Crippen LogP) is 2.16. The number of rotatable bonds is 7. The molecule has 1 atom stereocenters. The van der Waals surface area contributed by atoms with Gasteiger partial charge in [0.15, 0.2) is 5.96 Å². The van der Waals surface area contributed by atoms with Gasteiger partial charge in [0.2, 0.25) is 0 Å². The van der Waals surface area contributed by atoms with E-state index in [2.05, 4.69) is 52.3 Å². The molecule has 1 aliphatic heterocycles. The van der Waals surface area contributed by atoms with Gasteiger partial charge in [-0.15, -0.1) is 24.0 Å². The minimum absolute atomic E-state index is 0. The molecule has 138 valence electrons. The van der Waals surface area contributed by atoms with Crippen molar-refractivity contribution in [2.24, 2.45) is 4.99 Å². The molecule has 1 aromatic rings. The third-order valence-corrected chi connectivity index (χ3v) is 4.42. The highest BCUT2D eigenvalue weighted by Crippen LogP contribution is 2.14. The minimum Gasteiger partial charge on any atom is -0.357 e. The van der Waals surface area contributed by atoms with Crippen molar-refractivity contribution >= 4 is 29.9 Å². The van der Waals surface area contributed by atoms with Gasteiger partial charge in [-0.25, -0.2) is 0 Å². The van der Waals surface area contributed by atoms with E-state index in [1.807, 2.05) is 6.92 Å². The third-order valence-electron chi connectivity index (χ3n) is 4.42. The Kier molecular flexibility index (Phi) is 9.65. The SMILES string of the molecule is CCNC(=NCC1CCCN1C)NCCCn1nc(C)cc1C.I. The molecule has 0 aliphatic carbocycles. The van der Waals surface area contributed by atoms with Crippen molar-refractivity contribution in [1.29, 1.82) is 0 Å². The van der Waals surface area contributed by atoms with E-state index < -0.39 is 0 Å². The molecule has 2 N–H and O–H groups in total. The summed E-state index contributed by atoms with van der Waals surface area (Å²) in [4.78, 5) is 7.16. The average molecular weight is 448 g/mol. The number of nitrogens with zero attached hydrogens (tertiary/aromatic N) is 4. The van der Waals surface area contributed by atoms with Gasteiger partial charge in [0.05, 0.1) is 12.2 Å². The van der Waals surface area contributed by atoms with Crippen LogP contribution in [0, 0.1) is 13.8 Å². The summed E-state index contributed by atoms with van der Waals surface area (Å²) in [5.74, 6) is 0.932. The standard InChI is InChI=1S/C17H32N6.HI/c1-5-18-17(20-13-16-8-6-10-22(16)4)19-9-7-11-23-15(3)12-14(2)21-23;/h12,16H,5-11,13H2,1-4H3,(H2,18,19,20);1H. The van der Waals surface area contributed by atoms with Crippen LogP contribution >= 0.6 is 24.0 Å². The first-order valence-corrected chi connectivity index (χ1v) is 8.83. The molecule has 0 bridgehead atoms. The lowest BCUT2D eigenvalue weighted by molar-refractivity contribution is 0.317. The molecule has 2 heterocycles. The van der Waals surface area contributed by atoms with Gasteiger partial charge >= 0.3 is 0 Å². The van der Waals surface area contributed by atoms with Gasteiger partial charge in [0.25, 0.3) is 0 Å². The number of aliphatic imine (C=N–C) groups is 1. The van der Waals surface area contributed by atoms with Crippen LogP contribution in [0.15, 0.2) is 11.1 Å². The maximum atomic E-state index is 4.74. The van der Waals surface area contributed by atoms with E-state index in [-0.39, 0.29) is 24.0 Å². The highest BCUT2D eigenvalue weighted by atomic mass is 127. The van der Waals surface area contributed by atoms with E-state index in [9.17, 15) is 0 Å². The molecule has 2 rings (SSSR count). The lowest BCUT2D eigenvalue weighted by Gasteiger charge is -2.18. The van der Waals surface area contributed by atoms with Crippen molar-refractivity contribution in [2.75, 3.05) is 33.2 Å². The first-order valence-electron chi connectivity index (χ1n) is 8.83. The van der Waals surface area contributed by atoms with Crippen LogP contribution in [0.25, 0.3) is 0 Å². The van der Waals surface area contributed by atoms with Gasteiger partial charge < -0.3 is 15.5 Å². The van der Waals surface area contributed by atoms with Crippen LogP contribution < -0.4 is 10.6 Å². The summed E-state index contributed by atoms with van der Waals surface area (Å²) in [7, 11) is 2.20. The maximum Gasteiger partial charge on any atom is 0.191 e. The van der Waals surface area contributed by atoms with E-state index in [0.29, 0.717) is 6.04 Å². The molecule has 6 nitrogen and oxygen atoms in total. The summed E-state index contributed by atoms with van der Waals surface area (Å²) >= 11 is 0. The number of likely N-dealkylation sites (N-methyl/N-ethyl adjacent to an activating group) is 1. The third kappa shape index (κ3) is 6.58. The van der Waals surface area contributed by atoms with Crippen molar-refractivity contribution < 1.29 is 0 Å². The Morgan fingerprint density at radius 1 is 1.38 bits per heavy atom. The van der Waals surface area contributed by atoms with Crippen LogP contribution in [-0.4, -0.2) is 59.9 Å². The number of nitrogens with one attached hydrogen (secondary N) is 2. The summed E-state index contributed by atoms with van der Waals surface area (Å²) in [6.07, 6.45) is 3.59. The molecule has 24 heavy (non-hydrogen) atoms. The fraction of sp³-hybridized carbons (Fsp3) is 0.765. The Morgan fingerprint density at radius 3 is 2.75 bits per heavy atom. The van der Waals surface area contributed by atoms with Crippen molar-refractivity contribution in [3.05, 3.63) is 17.5 Å². The van der Waals surface area contributed by atoms with Gasteiger partial charge in [-0.3, -0.25) is 9.67 Å². The number of aromatic nitrogens is 2. The van der Waals surface area contributed by atoms with Gasteiger partial charge in [0.1, 0.15) is 0 Å². The molecule has 1 saturated heterocycles. The lowest BCUT2D eigenvalue weighted by atomic mass is 10.2.